The summed E-state index contributed by atoms with van der Waals surface area (Å²) in [6, 6.07) is 9.25. The zero-order valence-corrected chi connectivity index (χ0v) is 11.6. The van der Waals surface area contributed by atoms with Gasteiger partial charge in [0.1, 0.15) is 0 Å². The normalized spacial score (nSPS) is 18.8. The topological polar surface area (TPSA) is 29.3 Å². The number of piperidine rings is 1. The molecule has 0 aromatic heterocycles. The molecule has 2 N–H and O–H groups in total. The van der Waals surface area contributed by atoms with Crippen molar-refractivity contribution in [2.24, 2.45) is 5.73 Å². The second-order valence-corrected chi connectivity index (χ2v) is 5.65. The second kappa shape index (κ2) is 6.91. The second-order valence-electron chi connectivity index (χ2n) is 5.65. The lowest BCUT2D eigenvalue weighted by Crippen LogP contribution is -2.31. The zero-order chi connectivity index (χ0) is 12.8. The van der Waals surface area contributed by atoms with Crippen LogP contribution in [0.3, 0.4) is 0 Å². The van der Waals surface area contributed by atoms with Crippen molar-refractivity contribution in [1.82, 2.24) is 4.90 Å². The van der Waals surface area contributed by atoms with Gasteiger partial charge in [-0.05, 0) is 56.8 Å². The molecule has 100 valence electrons. The smallest absolute Gasteiger partial charge is 0.00509 e. The summed E-state index contributed by atoms with van der Waals surface area (Å²) in [5, 5.41) is 0. The Hall–Kier alpha value is -0.860. The van der Waals surface area contributed by atoms with Crippen LogP contribution in [0.2, 0.25) is 0 Å². The van der Waals surface area contributed by atoms with E-state index in [9.17, 15) is 0 Å². The summed E-state index contributed by atoms with van der Waals surface area (Å²) >= 11 is 0. The Labute approximate surface area is 111 Å². The fraction of sp³-hybridized carbons (Fsp3) is 0.625. The standard InChI is InChI=1S/C16H26N2/c1-14(17)13-16-7-5-15(6-8-16)9-12-18-10-3-2-4-11-18/h5-8,14H,2-4,9-13,17H2,1H3. The van der Waals surface area contributed by atoms with Crippen molar-refractivity contribution in [3.63, 3.8) is 0 Å². The van der Waals surface area contributed by atoms with E-state index >= 15 is 0 Å². The van der Waals surface area contributed by atoms with Gasteiger partial charge in [0.05, 0.1) is 0 Å². The molecule has 1 aliphatic rings. The van der Waals surface area contributed by atoms with E-state index in [0.717, 1.165) is 6.42 Å². The maximum atomic E-state index is 5.81. The Kier molecular flexibility index (Phi) is 5.21. The van der Waals surface area contributed by atoms with Gasteiger partial charge in [-0.25, -0.2) is 0 Å². The third kappa shape index (κ3) is 4.43. The highest BCUT2D eigenvalue weighted by molar-refractivity contribution is 5.23. The Bertz CT molecular complexity index is 337. The predicted octanol–water partition coefficient (Wildman–Crippen LogP) is 2.60. The molecule has 1 aliphatic heterocycles. The third-order valence-electron chi connectivity index (χ3n) is 3.75. The van der Waals surface area contributed by atoms with Gasteiger partial charge in [0.2, 0.25) is 0 Å². The van der Waals surface area contributed by atoms with Gasteiger partial charge in [-0.1, -0.05) is 30.7 Å². The van der Waals surface area contributed by atoms with Crippen LogP contribution in [0.15, 0.2) is 24.3 Å². The molecule has 1 unspecified atom stereocenters. The lowest BCUT2D eigenvalue weighted by Gasteiger charge is -2.26. The number of hydrogen-bond donors (Lipinski definition) is 1. The van der Waals surface area contributed by atoms with Crippen molar-refractivity contribution in [3.8, 4) is 0 Å². The van der Waals surface area contributed by atoms with Gasteiger partial charge >= 0.3 is 0 Å². The van der Waals surface area contributed by atoms with E-state index < -0.39 is 0 Å². The largest absolute Gasteiger partial charge is 0.328 e. The molecule has 1 saturated heterocycles. The summed E-state index contributed by atoms with van der Waals surface area (Å²) in [5.74, 6) is 0. The Morgan fingerprint density at radius 3 is 2.28 bits per heavy atom. The van der Waals surface area contributed by atoms with E-state index in [4.69, 9.17) is 5.73 Å². The lowest BCUT2D eigenvalue weighted by molar-refractivity contribution is 0.231. The first kappa shape index (κ1) is 13.6. The summed E-state index contributed by atoms with van der Waals surface area (Å²) in [4.78, 5) is 2.60. The highest BCUT2D eigenvalue weighted by Gasteiger charge is 2.09. The number of likely N-dealkylation sites (tertiary alicyclic amines) is 1. The van der Waals surface area contributed by atoms with Crippen LogP contribution in [0.1, 0.15) is 37.3 Å². The van der Waals surface area contributed by atoms with Crippen LogP contribution in [0.25, 0.3) is 0 Å². The molecule has 1 aromatic carbocycles. The molecule has 0 radical (unpaired) electrons. The van der Waals surface area contributed by atoms with Crippen molar-refractivity contribution in [2.45, 2.75) is 45.1 Å². The molecule has 18 heavy (non-hydrogen) atoms. The van der Waals surface area contributed by atoms with E-state index in [-0.39, 0.29) is 6.04 Å². The van der Waals surface area contributed by atoms with E-state index in [1.165, 1.54) is 56.4 Å². The number of hydrogen-bond acceptors (Lipinski definition) is 2. The van der Waals surface area contributed by atoms with Crippen LogP contribution >= 0.6 is 0 Å². The number of benzene rings is 1. The molecule has 1 fully saturated rings. The minimum Gasteiger partial charge on any atom is -0.328 e. The van der Waals surface area contributed by atoms with E-state index in [0.29, 0.717) is 0 Å². The molecule has 0 saturated carbocycles. The fourth-order valence-corrected chi connectivity index (χ4v) is 2.68. The number of nitrogens with two attached hydrogens (primary N) is 1. The third-order valence-corrected chi connectivity index (χ3v) is 3.75. The van der Waals surface area contributed by atoms with Gasteiger partial charge in [0, 0.05) is 12.6 Å². The van der Waals surface area contributed by atoms with Crippen LogP contribution in [-0.4, -0.2) is 30.6 Å². The zero-order valence-electron chi connectivity index (χ0n) is 11.6. The number of rotatable bonds is 5. The number of nitrogens with zero attached hydrogens (tertiary/aromatic N) is 1. The summed E-state index contributed by atoms with van der Waals surface area (Å²) < 4.78 is 0. The van der Waals surface area contributed by atoms with Crippen molar-refractivity contribution in [1.29, 1.82) is 0 Å². The first-order valence-corrected chi connectivity index (χ1v) is 7.30. The summed E-state index contributed by atoms with van der Waals surface area (Å²) in [7, 11) is 0. The molecule has 2 rings (SSSR count). The predicted molar refractivity (Wildman–Crippen MR) is 77.8 cm³/mol. The molecule has 0 spiro atoms. The van der Waals surface area contributed by atoms with Crippen molar-refractivity contribution in [3.05, 3.63) is 35.4 Å². The molecule has 0 aliphatic carbocycles. The van der Waals surface area contributed by atoms with Crippen molar-refractivity contribution in [2.75, 3.05) is 19.6 Å². The maximum Gasteiger partial charge on any atom is 0.00509 e. The van der Waals surface area contributed by atoms with Crippen LogP contribution in [0.4, 0.5) is 0 Å². The average Bonchev–Trinajstić information content (AvgIpc) is 2.38. The van der Waals surface area contributed by atoms with Gasteiger partial charge in [-0.2, -0.15) is 0 Å². The average molecular weight is 246 g/mol. The molecule has 2 nitrogen and oxygen atoms in total. The Morgan fingerprint density at radius 2 is 1.67 bits per heavy atom. The quantitative estimate of drug-likeness (QED) is 0.865. The van der Waals surface area contributed by atoms with Crippen LogP contribution in [0, 0.1) is 0 Å². The summed E-state index contributed by atoms with van der Waals surface area (Å²) in [5.41, 5.74) is 8.62. The summed E-state index contributed by atoms with van der Waals surface area (Å²) in [6.07, 6.45) is 6.34. The Morgan fingerprint density at radius 1 is 1.06 bits per heavy atom. The molecule has 2 heteroatoms. The first-order chi connectivity index (χ1) is 8.74. The molecule has 0 amide bonds. The monoisotopic (exact) mass is 246 g/mol. The first-order valence-electron chi connectivity index (χ1n) is 7.30. The summed E-state index contributed by atoms with van der Waals surface area (Å²) in [6.45, 7) is 5.86. The van der Waals surface area contributed by atoms with Gasteiger partial charge in [-0.15, -0.1) is 0 Å². The molecule has 1 atom stereocenters. The molecular weight excluding hydrogens is 220 g/mol. The molecular formula is C16H26N2. The van der Waals surface area contributed by atoms with Gasteiger partial charge in [-0.3, -0.25) is 0 Å². The van der Waals surface area contributed by atoms with Crippen molar-refractivity contribution < 1.29 is 0 Å². The minimum absolute atomic E-state index is 0.254. The highest BCUT2D eigenvalue weighted by Crippen LogP contribution is 2.11. The molecule has 1 aromatic rings. The Balaban J connectivity index is 1.78. The maximum absolute atomic E-state index is 5.81. The van der Waals surface area contributed by atoms with E-state index in [1.54, 1.807) is 0 Å². The lowest BCUT2D eigenvalue weighted by atomic mass is 10.0. The minimum atomic E-state index is 0.254. The van der Waals surface area contributed by atoms with E-state index in [2.05, 4.69) is 36.1 Å². The van der Waals surface area contributed by atoms with Gasteiger partial charge in [0.25, 0.3) is 0 Å². The van der Waals surface area contributed by atoms with Crippen LogP contribution < -0.4 is 5.73 Å². The van der Waals surface area contributed by atoms with Gasteiger partial charge in [0.15, 0.2) is 0 Å². The molecule has 1 heterocycles. The molecule has 0 bridgehead atoms. The fourth-order valence-electron chi connectivity index (χ4n) is 2.68. The van der Waals surface area contributed by atoms with Crippen LogP contribution in [-0.2, 0) is 12.8 Å². The van der Waals surface area contributed by atoms with E-state index in [1.807, 2.05) is 0 Å². The van der Waals surface area contributed by atoms with Gasteiger partial charge < -0.3 is 10.6 Å². The SMILES string of the molecule is CC(N)Cc1ccc(CCN2CCCCC2)cc1. The van der Waals surface area contributed by atoms with Crippen LogP contribution in [0.5, 0.6) is 0 Å². The highest BCUT2D eigenvalue weighted by atomic mass is 15.1. The van der Waals surface area contributed by atoms with Crippen molar-refractivity contribution >= 4 is 0 Å².